The van der Waals surface area contributed by atoms with E-state index in [2.05, 4.69) is 5.32 Å². The van der Waals surface area contributed by atoms with Crippen LogP contribution in [0.25, 0.3) is 0 Å². The van der Waals surface area contributed by atoms with Crippen LogP contribution in [-0.2, 0) is 9.59 Å². The first-order valence-corrected chi connectivity index (χ1v) is 8.23. The van der Waals surface area contributed by atoms with E-state index < -0.39 is 41.9 Å². The van der Waals surface area contributed by atoms with Gasteiger partial charge in [0.1, 0.15) is 6.04 Å². The Morgan fingerprint density at radius 2 is 1.85 bits per heavy atom. The Morgan fingerprint density at radius 3 is 2.50 bits per heavy atom. The molecular formula is C17H16FN3O5. The lowest BCUT2D eigenvalue weighted by molar-refractivity contribution is -0.136. The van der Waals surface area contributed by atoms with Crippen molar-refractivity contribution in [3.63, 3.8) is 0 Å². The number of halogens is 1. The molecule has 0 spiro atoms. The number of alkyl halides is 1. The van der Waals surface area contributed by atoms with E-state index in [9.17, 15) is 23.6 Å². The zero-order chi connectivity index (χ0) is 18.6. The number of aliphatic hydroxyl groups excluding tert-OH is 1. The van der Waals surface area contributed by atoms with Gasteiger partial charge in [-0.15, -0.1) is 0 Å². The summed E-state index contributed by atoms with van der Waals surface area (Å²) in [4.78, 5) is 51.1. The molecule has 136 valence electrons. The van der Waals surface area contributed by atoms with Crippen molar-refractivity contribution in [3.8, 4) is 0 Å². The maximum absolute atomic E-state index is 13.9. The highest BCUT2D eigenvalue weighted by molar-refractivity contribution is 6.23. The van der Waals surface area contributed by atoms with E-state index in [0.29, 0.717) is 5.69 Å². The number of imide groups is 2. The van der Waals surface area contributed by atoms with E-state index in [1.165, 1.54) is 12.1 Å². The van der Waals surface area contributed by atoms with Crippen molar-refractivity contribution in [2.45, 2.75) is 24.6 Å². The number of nitrogens with one attached hydrogen (secondary N) is 1. The summed E-state index contributed by atoms with van der Waals surface area (Å²) < 4.78 is 13.9. The van der Waals surface area contributed by atoms with Gasteiger partial charge in [0.15, 0.2) is 5.67 Å². The van der Waals surface area contributed by atoms with Crippen molar-refractivity contribution < 1.29 is 28.7 Å². The zero-order valence-electron chi connectivity index (χ0n) is 13.7. The molecule has 1 atom stereocenters. The molecule has 0 aliphatic carbocycles. The lowest BCUT2D eigenvalue weighted by Crippen LogP contribution is -2.61. The lowest BCUT2D eigenvalue weighted by Gasteiger charge is -2.44. The van der Waals surface area contributed by atoms with Gasteiger partial charge in [0, 0.05) is 12.1 Å². The molecule has 8 nitrogen and oxygen atoms in total. The van der Waals surface area contributed by atoms with Crippen molar-refractivity contribution in [2.75, 3.05) is 24.6 Å². The zero-order valence-corrected chi connectivity index (χ0v) is 13.7. The first-order chi connectivity index (χ1) is 12.3. The second kappa shape index (κ2) is 5.60. The molecule has 2 saturated heterocycles. The molecule has 26 heavy (non-hydrogen) atoms. The Hall–Kier alpha value is -2.81. The minimum Gasteiger partial charge on any atom is -0.393 e. The van der Waals surface area contributed by atoms with Gasteiger partial charge in [-0.1, -0.05) is 0 Å². The van der Waals surface area contributed by atoms with Gasteiger partial charge in [0.25, 0.3) is 11.8 Å². The molecule has 1 aromatic rings. The number of hydrogen-bond donors (Lipinski definition) is 2. The molecule has 0 radical (unpaired) electrons. The van der Waals surface area contributed by atoms with Crippen LogP contribution in [0.15, 0.2) is 18.2 Å². The molecule has 3 aliphatic heterocycles. The molecule has 0 bridgehead atoms. The Kier molecular flexibility index (Phi) is 3.58. The van der Waals surface area contributed by atoms with Gasteiger partial charge in [-0.05, 0) is 24.6 Å². The van der Waals surface area contributed by atoms with Gasteiger partial charge >= 0.3 is 0 Å². The van der Waals surface area contributed by atoms with Crippen LogP contribution < -0.4 is 10.2 Å². The number of amides is 4. The number of benzene rings is 1. The Labute approximate surface area is 147 Å². The third-order valence-corrected chi connectivity index (χ3v) is 5.02. The average Bonchev–Trinajstić information content (AvgIpc) is 2.83. The van der Waals surface area contributed by atoms with Gasteiger partial charge < -0.3 is 10.0 Å². The van der Waals surface area contributed by atoms with Crippen LogP contribution in [0, 0.1) is 0 Å². The van der Waals surface area contributed by atoms with Gasteiger partial charge in [-0.2, -0.15) is 0 Å². The first-order valence-electron chi connectivity index (χ1n) is 8.23. The number of carbonyl (C=O) groups is 4. The highest BCUT2D eigenvalue weighted by Crippen LogP contribution is 2.34. The maximum atomic E-state index is 13.9. The number of rotatable bonds is 3. The molecule has 1 unspecified atom stereocenters. The summed E-state index contributed by atoms with van der Waals surface area (Å²) >= 11 is 0. The highest BCUT2D eigenvalue weighted by atomic mass is 19.1. The smallest absolute Gasteiger partial charge is 0.262 e. The second-order valence-corrected chi connectivity index (χ2v) is 6.84. The summed E-state index contributed by atoms with van der Waals surface area (Å²) in [6.07, 6.45) is 0.151. The van der Waals surface area contributed by atoms with E-state index in [4.69, 9.17) is 5.11 Å². The van der Waals surface area contributed by atoms with Crippen molar-refractivity contribution in [2.24, 2.45) is 0 Å². The van der Waals surface area contributed by atoms with Crippen LogP contribution in [0.3, 0.4) is 0 Å². The summed E-state index contributed by atoms with van der Waals surface area (Å²) in [6, 6.07) is 3.57. The fraction of sp³-hybridized carbons (Fsp3) is 0.412. The molecule has 2 N–H and O–H groups in total. The minimum absolute atomic E-state index is 0.00127. The maximum Gasteiger partial charge on any atom is 0.262 e. The molecular weight excluding hydrogens is 345 g/mol. The van der Waals surface area contributed by atoms with Crippen LogP contribution in [-0.4, -0.2) is 65.0 Å². The van der Waals surface area contributed by atoms with Gasteiger partial charge in [-0.3, -0.25) is 29.4 Å². The topological polar surface area (TPSA) is 107 Å². The van der Waals surface area contributed by atoms with E-state index in [-0.39, 0.29) is 37.1 Å². The standard InChI is InChI=1S/C17H16FN3O5/c18-17(8-22)6-20(7-17)9-1-2-10-11(5-9)16(26)21(15(10)25)12-3-4-13(23)19-14(12)24/h1-2,5,12,22H,3-4,6-8H2,(H,19,23,24). The molecule has 0 saturated carbocycles. The normalized spacial score (nSPS) is 24.5. The number of carbonyl (C=O) groups excluding carboxylic acids is 4. The number of nitrogens with zero attached hydrogens (tertiary/aromatic N) is 2. The fourth-order valence-electron chi connectivity index (χ4n) is 3.58. The van der Waals surface area contributed by atoms with E-state index >= 15 is 0 Å². The van der Waals surface area contributed by atoms with Crippen LogP contribution in [0.4, 0.5) is 10.1 Å². The predicted molar refractivity (Wildman–Crippen MR) is 86.3 cm³/mol. The molecule has 9 heteroatoms. The van der Waals surface area contributed by atoms with E-state index in [0.717, 1.165) is 4.90 Å². The van der Waals surface area contributed by atoms with Crippen molar-refractivity contribution >= 4 is 29.3 Å². The molecule has 3 heterocycles. The van der Waals surface area contributed by atoms with Crippen molar-refractivity contribution in [1.29, 1.82) is 0 Å². The summed E-state index contributed by atoms with van der Waals surface area (Å²) in [5.74, 6) is -2.27. The Balaban J connectivity index is 1.59. The largest absolute Gasteiger partial charge is 0.393 e. The number of hydrogen-bond acceptors (Lipinski definition) is 6. The number of aliphatic hydroxyl groups is 1. The van der Waals surface area contributed by atoms with Crippen LogP contribution in [0.5, 0.6) is 0 Å². The molecule has 3 aliphatic rings. The van der Waals surface area contributed by atoms with Crippen LogP contribution in [0.1, 0.15) is 33.6 Å². The van der Waals surface area contributed by atoms with Crippen LogP contribution in [0.2, 0.25) is 0 Å². The second-order valence-electron chi connectivity index (χ2n) is 6.84. The fourth-order valence-corrected chi connectivity index (χ4v) is 3.58. The summed E-state index contributed by atoms with van der Waals surface area (Å²) in [6.45, 7) is -0.572. The predicted octanol–water partition coefficient (Wildman–Crippen LogP) is -0.392. The number of piperidine rings is 1. The SMILES string of the molecule is O=C1CCC(N2C(=O)c3ccc(N4CC(F)(CO)C4)cc3C2=O)C(=O)N1. The Bertz CT molecular complexity index is 849. The lowest BCUT2D eigenvalue weighted by atomic mass is 9.96. The summed E-state index contributed by atoms with van der Waals surface area (Å²) in [5.41, 5.74) is -0.760. The summed E-state index contributed by atoms with van der Waals surface area (Å²) in [7, 11) is 0. The molecule has 0 aromatic heterocycles. The van der Waals surface area contributed by atoms with Gasteiger partial charge in [-0.25, -0.2) is 4.39 Å². The Morgan fingerprint density at radius 1 is 1.15 bits per heavy atom. The third kappa shape index (κ3) is 2.38. The van der Waals surface area contributed by atoms with E-state index in [1.807, 2.05) is 0 Å². The average molecular weight is 361 g/mol. The molecule has 4 amide bonds. The molecule has 2 fully saturated rings. The molecule has 4 rings (SSSR count). The number of fused-ring (bicyclic) bond motifs is 1. The van der Waals surface area contributed by atoms with Gasteiger partial charge in [0.2, 0.25) is 11.8 Å². The minimum atomic E-state index is -1.66. The molecule has 1 aromatic carbocycles. The van der Waals surface area contributed by atoms with Crippen LogP contribution >= 0.6 is 0 Å². The van der Waals surface area contributed by atoms with Crippen molar-refractivity contribution in [3.05, 3.63) is 29.3 Å². The quantitative estimate of drug-likeness (QED) is 0.710. The monoisotopic (exact) mass is 361 g/mol. The van der Waals surface area contributed by atoms with Crippen molar-refractivity contribution in [1.82, 2.24) is 10.2 Å². The van der Waals surface area contributed by atoms with Gasteiger partial charge in [0.05, 0.1) is 30.8 Å². The summed E-state index contributed by atoms with van der Waals surface area (Å²) in [5, 5.41) is 11.1. The number of anilines is 1. The highest BCUT2D eigenvalue weighted by Gasteiger charge is 2.46. The van der Waals surface area contributed by atoms with E-state index in [1.54, 1.807) is 11.0 Å². The first kappa shape index (κ1) is 16.6. The third-order valence-electron chi connectivity index (χ3n) is 5.02.